The lowest BCUT2D eigenvalue weighted by Gasteiger charge is -2.54. The zero-order valence-electron chi connectivity index (χ0n) is 14.4. The van der Waals surface area contributed by atoms with Gasteiger partial charge in [-0.2, -0.15) is 0 Å². The van der Waals surface area contributed by atoms with Crippen molar-refractivity contribution in [3.05, 3.63) is 60.2 Å². The van der Waals surface area contributed by atoms with Crippen LogP contribution in [0.3, 0.4) is 0 Å². The Labute approximate surface area is 140 Å². The van der Waals surface area contributed by atoms with Crippen LogP contribution >= 0.6 is 0 Å². The molecule has 0 N–H and O–H groups in total. The minimum Gasteiger partial charge on any atom is -0.0654 e. The topological polar surface area (TPSA) is 0 Å². The Morgan fingerprint density at radius 1 is 0.696 bits per heavy atom. The van der Waals surface area contributed by atoms with Gasteiger partial charge in [0.05, 0.1) is 0 Å². The van der Waals surface area contributed by atoms with Gasteiger partial charge in [-0.1, -0.05) is 67.9 Å². The molecule has 5 rings (SSSR count). The highest BCUT2D eigenvalue weighted by Gasteiger charge is 2.48. The van der Waals surface area contributed by atoms with Crippen LogP contribution < -0.4 is 0 Å². The molecule has 0 heteroatoms. The summed E-state index contributed by atoms with van der Waals surface area (Å²) >= 11 is 0. The number of hydrogen-bond acceptors (Lipinski definition) is 0. The van der Waals surface area contributed by atoms with E-state index in [4.69, 9.17) is 0 Å². The Hall–Kier alpha value is -1.56. The highest BCUT2D eigenvalue weighted by Crippen LogP contribution is 2.59. The lowest BCUT2D eigenvalue weighted by Crippen LogP contribution is -2.44. The molecule has 0 nitrogen and oxygen atoms in total. The molecule has 3 aliphatic rings. The second-order valence-electron chi connectivity index (χ2n) is 7.97. The summed E-state index contributed by atoms with van der Waals surface area (Å²) in [5, 5.41) is 0. The summed E-state index contributed by atoms with van der Waals surface area (Å²) in [6.45, 7) is 2.35. The maximum Gasteiger partial charge on any atom is -0.00463 e. The van der Waals surface area contributed by atoms with E-state index < -0.39 is 0 Å². The monoisotopic (exact) mass is 304 g/mol. The largest absolute Gasteiger partial charge is 0.0654 e. The number of fused-ring (bicyclic) bond motifs is 3. The van der Waals surface area contributed by atoms with Crippen molar-refractivity contribution in [2.45, 2.75) is 63.7 Å². The van der Waals surface area contributed by atoms with E-state index in [0.29, 0.717) is 10.8 Å². The first-order valence-electron chi connectivity index (χ1n) is 9.41. The molecule has 0 spiro atoms. The molecule has 0 amide bonds. The minimum absolute atomic E-state index is 0.491. The molecule has 2 bridgehead atoms. The summed E-state index contributed by atoms with van der Waals surface area (Å²) < 4.78 is 0. The Morgan fingerprint density at radius 3 is 1.83 bits per heavy atom. The fraction of sp³-hybridized carbons (Fsp3) is 0.478. The SMILES string of the molecule is CCCC12CCC(c3ccc(-c4ccccc4)cc3)(CC1)CC2. The first-order chi connectivity index (χ1) is 11.3. The van der Waals surface area contributed by atoms with Crippen molar-refractivity contribution in [2.24, 2.45) is 5.41 Å². The minimum atomic E-state index is 0.491. The van der Waals surface area contributed by atoms with Gasteiger partial charge < -0.3 is 0 Å². The molecule has 0 aliphatic heterocycles. The summed E-state index contributed by atoms with van der Waals surface area (Å²) in [7, 11) is 0. The van der Waals surface area contributed by atoms with Gasteiger partial charge in [0.1, 0.15) is 0 Å². The van der Waals surface area contributed by atoms with Crippen molar-refractivity contribution in [1.29, 1.82) is 0 Å². The third-order valence-corrected chi connectivity index (χ3v) is 6.79. The summed E-state index contributed by atoms with van der Waals surface area (Å²) in [5.41, 5.74) is 5.47. The second kappa shape index (κ2) is 5.82. The fourth-order valence-electron chi connectivity index (χ4n) is 5.25. The van der Waals surface area contributed by atoms with Gasteiger partial charge >= 0.3 is 0 Å². The normalized spacial score (nSPS) is 29.6. The van der Waals surface area contributed by atoms with E-state index in [1.165, 1.54) is 62.5 Å². The molecule has 0 radical (unpaired) electrons. The molecule has 3 fully saturated rings. The number of benzene rings is 2. The van der Waals surface area contributed by atoms with Gasteiger partial charge in [-0.05, 0) is 72.5 Å². The van der Waals surface area contributed by atoms with Crippen LogP contribution in [0.1, 0.15) is 63.9 Å². The van der Waals surface area contributed by atoms with Crippen LogP contribution in [-0.2, 0) is 5.41 Å². The van der Waals surface area contributed by atoms with Crippen LogP contribution in [0.5, 0.6) is 0 Å². The van der Waals surface area contributed by atoms with Crippen LogP contribution in [0.4, 0.5) is 0 Å². The maximum atomic E-state index is 2.42. The number of rotatable bonds is 4. The van der Waals surface area contributed by atoms with Crippen molar-refractivity contribution in [2.75, 3.05) is 0 Å². The van der Waals surface area contributed by atoms with Crippen molar-refractivity contribution in [3.63, 3.8) is 0 Å². The summed E-state index contributed by atoms with van der Waals surface area (Å²) in [5.74, 6) is 0. The van der Waals surface area contributed by atoms with Crippen molar-refractivity contribution >= 4 is 0 Å². The van der Waals surface area contributed by atoms with Gasteiger partial charge in [0.25, 0.3) is 0 Å². The Morgan fingerprint density at radius 2 is 1.26 bits per heavy atom. The van der Waals surface area contributed by atoms with Crippen LogP contribution in [0.25, 0.3) is 11.1 Å². The lowest BCUT2D eigenvalue weighted by atomic mass is 9.51. The van der Waals surface area contributed by atoms with Gasteiger partial charge in [0.15, 0.2) is 0 Å². The zero-order chi connectivity index (χ0) is 15.8. The molecule has 3 saturated carbocycles. The van der Waals surface area contributed by atoms with Crippen LogP contribution in [-0.4, -0.2) is 0 Å². The third kappa shape index (κ3) is 2.63. The first kappa shape index (κ1) is 15.0. The van der Waals surface area contributed by atoms with Crippen molar-refractivity contribution < 1.29 is 0 Å². The van der Waals surface area contributed by atoms with Gasteiger partial charge in [-0.25, -0.2) is 0 Å². The fourth-order valence-corrected chi connectivity index (χ4v) is 5.25. The Kier molecular flexibility index (Phi) is 3.79. The maximum absolute atomic E-state index is 2.42. The molecule has 3 aliphatic carbocycles. The lowest BCUT2D eigenvalue weighted by molar-refractivity contribution is 0.0320. The number of hydrogen-bond donors (Lipinski definition) is 0. The van der Waals surface area contributed by atoms with E-state index in [-0.39, 0.29) is 0 Å². The van der Waals surface area contributed by atoms with Crippen molar-refractivity contribution in [3.8, 4) is 11.1 Å². The predicted octanol–water partition coefficient (Wildman–Crippen LogP) is 6.75. The van der Waals surface area contributed by atoms with Crippen LogP contribution in [0.15, 0.2) is 54.6 Å². The summed E-state index contributed by atoms with van der Waals surface area (Å²) in [4.78, 5) is 0. The Balaban J connectivity index is 1.56. The third-order valence-electron chi connectivity index (χ3n) is 6.79. The second-order valence-corrected chi connectivity index (χ2v) is 7.97. The van der Waals surface area contributed by atoms with E-state index in [2.05, 4.69) is 61.5 Å². The van der Waals surface area contributed by atoms with Crippen molar-refractivity contribution in [1.82, 2.24) is 0 Å². The van der Waals surface area contributed by atoms with E-state index in [0.717, 1.165) is 0 Å². The molecule has 0 atom stereocenters. The molecular formula is C23H28. The molecule has 2 aromatic carbocycles. The molecule has 0 saturated heterocycles. The van der Waals surface area contributed by atoms with Gasteiger partial charge in [0.2, 0.25) is 0 Å². The smallest absolute Gasteiger partial charge is 0.00463 e. The van der Waals surface area contributed by atoms with E-state index in [9.17, 15) is 0 Å². The van der Waals surface area contributed by atoms with Gasteiger partial charge in [-0.3, -0.25) is 0 Å². The molecule has 23 heavy (non-hydrogen) atoms. The molecule has 0 unspecified atom stereocenters. The predicted molar refractivity (Wildman–Crippen MR) is 98.6 cm³/mol. The standard InChI is InChI=1S/C23H28/c1-2-12-22-13-16-23(17-14-22,18-15-22)21-10-8-20(9-11-21)19-6-4-3-5-7-19/h3-11H,2,12-18H2,1H3. The first-order valence-corrected chi connectivity index (χ1v) is 9.41. The molecule has 0 aromatic heterocycles. The highest BCUT2D eigenvalue weighted by molar-refractivity contribution is 5.63. The average Bonchev–Trinajstić information content (AvgIpc) is 2.64. The van der Waals surface area contributed by atoms with Gasteiger partial charge in [-0.15, -0.1) is 0 Å². The Bertz CT molecular complexity index is 626. The van der Waals surface area contributed by atoms with Crippen LogP contribution in [0, 0.1) is 5.41 Å². The van der Waals surface area contributed by atoms with E-state index >= 15 is 0 Å². The van der Waals surface area contributed by atoms with Crippen LogP contribution in [0.2, 0.25) is 0 Å². The van der Waals surface area contributed by atoms with E-state index in [1.807, 2.05) is 0 Å². The molecule has 2 aromatic rings. The molecule has 0 heterocycles. The molecule has 120 valence electrons. The summed E-state index contributed by atoms with van der Waals surface area (Å²) in [6, 6.07) is 20.2. The quantitative estimate of drug-likeness (QED) is 0.586. The highest BCUT2D eigenvalue weighted by atomic mass is 14.5. The summed E-state index contributed by atoms with van der Waals surface area (Å²) in [6.07, 6.45) is 11.4. The zero-order valence-corrected chi connectivity index (χ0v) is 14.4. The van der Waals surface area contributed by atoms with E-state index in [1.54, 1.807) is 5.56 Å². The molecular weight excluding hydrogens is 276 g/mol. The average molecular weight is 304 g/mol. The van der Waals surface area contributed by atoms with Gasteiger partial charge in [0, 0.05) is 0 Å².